The highest BCUT2D eigenvalue weighted by molar-refractivity contribution is 6.33. The molecule has 2 aromatic rings. The van der Waals surface area contributed by atoms with Gasteiger partial charge in [0.2, 0.25) is 5.91 Å². The molecule has 0 saturated heterocycles. The number of benzene rings is 2. The van der Waals surface area contributed by atoms with Gasteiger partial charge in [0.25, 0.3) is 5.91 Å². The molecule has 0 radical (unpaired) electrons. The Morgan fingerprint density at radius 3 is 2.17 bits per heavy atom. The van der Waals surface area contributed by atoms with Crippen molar-refractivity contribution >= 4 is 40.8 Å². The molecule has 0 fully saturated rings. The van der Waals surface area contributed by atoms with E-state index >= 15 is 0 Å². The molecule has 0 heterocycles. The fourth-order valence-corrected chi connectivity index (χ4v) is 2.13. The highest BCUT2D eigenvalue weighted by Crippen LogP contribution is 2.25. The predicted octanol–water partition coefficient (Wildman–Crippen LogP) is 3.34. The van der Waals surface area contributed by atoms with E-state index in [-0.39, 0.29) is 11.8 Å². The predicted molar refractivity (Wildman–Crippen MR) is 91.5 cm³/mol. The molecule has 0 aliphatic heterocycles. The van der Waals surface area contributed by atoms with Gasteiger partial charge in [0, 0.05) is 18.2 Å². The molecule has 2 amide bonds. The number of rotatable bonds is 4. The number of nitrogens with one attached hydrogen (secondary N) is 2. The number of methoxy groups -OCH3 is 1. The van der Waals surface area contributed by atoms with Crippen LogP contribution in [0.3, 0.4) is 0 Å². The Hall–Kier alpha value is -2.86. The van der Waals surface area contributed by atoms with Crippen LogP contribution in [0, 0.1) is 0 Å². The Morgan fingerprint density at radius 2 is 1.58 bits per heavy atom. The van der Waals surface area contributed by atoms with Crippen LogP contribution < -0.4 is 10.6 Å². The molecule has 0 bridgehead atoms. The van der Waals surface area contributed by atoms with Gasteiger partial charge in [-0.05, 0) is 42.5 Å². The van der Waals surface area contributed by atoms with E-state index < -0.39 is 5.97 Å². The molecule has 2 N–H and O–H groups in total. The van der Waals surface area contributed by atoms with Crippen molar-refractivity contribution in [3.05, 3.63) is 58.6 Å². The first kappa shape index (κ1) is 17.5. The fraction of sp³-hybridized carbons (Fsp3) is 0.118. The summed E-state index contributed by atoms with van der Waals surface area (Å²) in [5, 5.41) is 5.64. The van der Waals surface area contributed by atoms with Crippen molar-refractivity contribution in [1.29, 1.82) is 0 Å². The van der Waals surface area contributed by atoms with Crippen molar-refractivity contribution in [3.8, 4) is 0 Å². The lowest BCUT2D eigenvalue weighted by Crippen LogP contribution is -2.13. The summed E-state index contributed by atoms with van der Waals surface area (Å²) in [6.45, 7) is 1.37. The number of hydrogen-bond donors (Lipinski definition) is 2. The van der Waals surface area contributed by atoms with Crippen LogP contribution in [-0.2, 0) is 9.53 Å². The zero-order chi connectivity index (χ0) is 17.7. The minimum atomic E-state index is -0.473. The topological polar surface area (TPSA) is 84.5 Å². The second-order valence-corrected chi connectivity index (χ2v) is 5.31. The maximum absolute atomic E-state index is 12.2. The first-order valence-electron chi connectivity index (χ1n) is 6.97. The van der Waals surface area contributed by atoms with Crippen LogP contribution >= 0.6 is 11.6 Å². The van der Waals surface area contributed by atoms with Gasteiger partial charge >= 0.3 is 5.97 Å². The van der Waals surface area contributed by atoms with Gasteiger partial charge in [0.1, 0.15) is 0 Å². The maximum atomic E-state index is 12.2. The molecule has 6 nitrogen and oxygen atoms in total. The van der Waals surface area contributed by atoms with E-state index in [0.717, 1.165) is 0 Å². The molecule has 7 heteroatoms. The Balaban J connectivity index is 2.14. The Bertz CT molecular complexity index is 788. The van der Waals surface area contributed by atoms with Gasteiger partial charge in [0.15, 0.2) is 0 Å². The third kappa shape index (κ3) is 4.33. The average molecular weight is 347 g/mol. The lowest BCUT2D eigenvalue weighted by molar-refractivity contribution is -0.114. The molecule has 0 aliphatic rings. The summed E-state index contributed by atoms with van der Waals surface area (Å²) < 4.78 is 4.60. The minimum Gasteiger partial charge on any atom is -0.465 e. The second-order valence-electron chi connectivity index (χ2n) is 4.90. The number of hydrogen-bond acceptors (Lipinski definition) is 4. The van der Waals surface area contributed by atoms with Crippen LogP contribution in [0.4, 0.5) is 11.4 Å². The van der Waals surface area contributed by atoms with Gasteiger partial charge in [0.05, 0.1) is 23.4 Å². The maximum Gasteiger partial charge on any atom is 0.337 e. The monoisotopic (exact) mass is 346 g/mol. The van der Waals surface area contributed by atoms with Gasteiger partial charge in [-0.25, -0.2) is 4.79 Å². The number of carbonyl (C=O) groups is 3. The van der Waals surface area contributed by atoms with Gasteiger partial charge in [-0.15, -0.1) is 0 Å². The molecule has 0 spiro atoms. The second kappa shape index (κ2) is 7.61. The van der Waals surface area contributed by atoms with Gasteiger partial charge < -0.3 is 15.4 Å². The zero-order valence-electron chi connectivity index (χ0n) is 13.1. The number of esters is 1. The third-order valence-electron chi connectivity index (χ3n) is 3.10. The van der Waals surface area contributed by atoms with Crippen LogP contribution in [0.2, 0.25) is 5.02 Å². The summed E-state index contributed by atoms with van der Waals surface area (Å²) in [6, 6.07) is 10.8. The Morgan fingerprint density at radius 1 is 0.958 bits per heavy atom. The molecule has 2 rings (SSSR count). The highest BCUT2D eigenvalue weighted by Gasteiger charge is 2.10. The van der Waals surface area contributed by atoms with Gasteiger partial charge in [-0.1, -0.05) is 11.6 Å². The third-order valence-corrected chi connectivity index (χ3v) is 3.43. The van der Waals surface area contributed by atoms with Crippen molar-refractivity contribution in [3.63, 3.8) is 0 Å². The summed E-state index contributed by atoms with van der Waals surface area (Å²) in [5.41, 5.74) is 1.61. The molecule has 24 heavy (non-hydrogen) atoms. The molecule has 0 atom stereocenters. The average Bonchev–Trinajstić information content (AvgIpc) is 2.56. The van der Waals surface area contributed by atoms with Crippen molar-refractivity contribution in [1.82, 2.24) is 0 Å². The number of ether oxygens (including phenoxy) is 1. The summed E-state index contributed by atoms with van der Waals surface area (Å²) in [6.07, 6.45) is 0. The number of anilines is 2. The first-order chi connectivity index (χ1) is 11.4. The fourth-order valence-electron chi connectivity index (χ4n) is 1.97. The van der Waals surface area contributed by atoms with Crippen LogP contribution in [0.15, 0.2) is 42.5 Å². The SMILES string of the molecule is COC(=O)c1ccc(C(=O)Nc2ccc(Cl)c(NC(C)=O)c2)cc1. The van der Waals surface area contributed by atoms with Crippen molar-refractivity contribution in [2.75, 3.05) is 17.7 Å². The first-order valence-corrected chi connectivity index (χ1v) is 7.35. The summed E-state index contributed by atoms with van der Waals surface area (Å²) in [5.74, 6) is -1.10. The molecule has 2 aromatic carbocycles. The van der Waals surface area contributed by atoms with Crippen molar-refractivity contribution < 1.29 is 19.1 Å². The molecule has 0 aromatic heterocycles. The lowest BCUT2D eigenvalue weighted by atomic mass is 10.1. The van der Waals surface area contributed by atoms with E-state index in [2.05, 4.69) is 15.4 Å². The van der Waals surface area contributed by atoms with E-state index in [9.17, 15) is 14.4 Å². The van der Waals surface area contributed by atoms with Crippen LogP contribution in [-0.4, -0.2) is 24.9 Å². The Labute approximate surface area is 143 Å². The number of amides is 2. The Kier molecular flexibility index (Phi) is 5.55. The van der Waals surface area contributed by atoms with E-state index in [1.807, 2.05) is 0 Å². The van der Waals surface area contributed by atoms with Crippen molar-refractivity contribution in [2.45, 2.75) is 6.92 Å². The smallest absolute Gasteiger partial charge is 0.337 e. The van der Waals surface area contributed by atoms with E-state index in [1.54, 1.807) is 18.2 Å². The van der Waals surface area contributed by atoms with Crippen LogP contribution in [0.5, 0.6) is 0 Å². The summed E-state index contributed by atoms with van der Waals surface area (Å²) in [7, 11) is 1.29. The zero-order valence-corrected chi connectivity index (χ0v) is 13.8. The highest BCUT2D eigenvalue weighted by atomic mass is 35.5. The van der Waals surface area contributed by atoms with E-state index in [0.29, 0.717) is 27.5 Å². The molecule has 124 valence electrons. The van der Waals surface area contributed by atoms with E-state index in [1.165, 1.54) is 38.3 Å². The number of carbonyl (C=O) groups excluding carboxylic acids is 3. The number of halogens is 1. The summed E-state index contributed by atoms with van der Waals surface area (Å²) >= 11 is 5.98. The molecule has 0 unspecified atom stereocenters. The summed E-state index contributed by atoms with van der Waals surface area (Å²) in [4.78, 5) is 34.7. The quantitative estimate of drug-likeness (QED) is 0.831. The van der Waals surface area contributed by atoms with Crippen molar-refractivity contribution in [2.24, 2.45) is 0 Å². The lowest BCUT2D eigenvalue weighted by Gasteiger charge is -2.10. The van der Waals surface area contributed by atoms with Gasteiger partial charge in [-0.2, -0.15) is 0 Å². The minimum absolute atomic E-state index is 0.265. The van der Waals surface area contributed by atoms with Gasteiger partial charge in [-0.3, -0.25) is 9.59 Å². The van der Waals surface area contributed by atoms with Crippen LogP contribution in [0.25, 0.3) is 0 Å². The largest absolute Gasteiger partial charge is 0.465 e. The molecule has 0 aliphatic carbocycles. The van der Waals surface area contributed by atoms with Crippen LogP contribution in [0.1, 0.15) is 27.6 Å². The standard InChI is InChI=1S/C17H15ClN2O4/c1-10(21)19-15-9-13(7-8-14(15)18)20-16(22)11-3-5-12(6-4-11)17(23)24-2/h3-9H,1-2H3,(H,19,21)(H,20,22). The normalized spacial score (nSPS) is 9.96. The molecule has 0 saturated carbocycles. The molecular weight excluding hydrogens is 332 g/mol. The molecular formula is C17H15ClN2O4. The van der Waals surface area contributed by atoms with E-state index in [4.69, 9.17) is 11.6 Å².